The van der Waals surface area contributed by atoms with Gasteiger partial charge in [-0.05, 0) is 0 Å². The highest BCUT2D eigenvalue weighted by Gasteiger charge is 2.20. The zero-order valence-corrected chi connectivity index (χ0v) is 7.76. The molecule has 2 N–H and O–H groups in total. The van der Waals surface area contributed by atoms with Gasteiger partial charge in [-0.15, -0.1) is 0 Å². The zero-order valence-electron chi connectivity index (χ0n) is 6.13. The van der Waals surface area contributed by atoms with Crippen molar-refractivity contribution in [3.8, 4) is 0 Å². The average Bonchev–Trinajstić information content (AvgIpc) is 1.82. The summed E-state index contributed by atoms with van der Waals surface area (Å²) in [6.07, 6.45) is -0.350. The van der Waals surface area contributed by atoms with Crippen molar-refractivity contribution in [2.45, 2.75) is 0 Å². The predicted octanol–water partition coefficient (Wildman–Crippen LogP) is -2.90. The van der Waals surface area contributed by atoms with Crippen molar-refractivity contribution in [2.24, 2.45) is 0 Å². The molecule has 0 aliphatic rings. The second kappa shape index (κ2) is 4.18. The minimum absolute atomic E-state index is 0.175. The molecule has 10 heteroatoms. The van der Waals surface area contributed by atoms with E-state index in [1.54, 1.807) is 0 Å². The van der Waals surface area contributed by atoms with Crippen molar-refractivity contribution in [1.29, 1.82) is 0 Å². The van der Waals surface area contributed by atoms with Crippen LogP contribution in [0.15, 0.2) is 0 Å². The lowest BCUT2D eigenvalue weighted by atomic mass is 11.5. The van der Waals surface area contributed by atoms with E-state index in [0.717, 1.165) is 0 Å². The van der Waals surface area contributed by atoms with Crippen LogP contribution >= 0.6 is 0 Å². The Bertz CT molecular complexity index is 342. The van der Waals surface area contributed by atoms with Crippen LogP contribution in [0, 0.1) is 0 Å². The Morgan fingerprint density at radius 1 is 0.846 bits per heavy atom. The van der Waals surface area contributed by atoms with Gasteiger partial charge in [0.2, 0.25) is 12.8 Å². The molecule has 0 saturated carbocycles. The molecular formula is C3H6N2O6S2. The van der Waals surface area contributed by atoms with E-state index in [1.807, 2.05) is 0 Å². The molecule has 8 nitrogen and oxygen atoms in total. The minimum atomic E-state index is -4.24. The summed E-state index contributed by atoms with van der Waals surface area (Å²) in [6, 6.07) is 0. The van der Waals surface area contributed by atoms with Crippen LogP contribution in [0.3, 0.4) is 0 Å². The number of rotatable bonds is 6. The van der Waals surface area contributed by atoms with Gasteiger partial charge in [-0.3, -0.25) is 19.0 Å². The zero-order chi connectivity index (χ0) is 10.5. The lowest BCUT2D eigenvalue weighted by Crippen LogP contribution is -2.35. The molecule has 0 aromatic heterocycles. The lowest BCUT2D eigenvalue weighted by Gasteiger charge is -2.01. The van der Waals surface area contributed by atoms with Crippen molar-refractivity contribution in [2.75, 3.05) is 5.08 Å². The van der Waals surface area contributed by atoms with Crippen molar-refractivity contribution in [1.82, 2.24) is 9.44 Å². The number of hydrogen-bond acceptors (Lipinski definition) is 6. The molecule has 2 amide bonds. The van der Waals surface area contributed by atoms with Crippen LogP contribution in [0.2, 0.25) is 0 Å². The highest BCUT2D eigenvalue weighted by Crippen LogP contribution is 1.89. The van der Waals surface area contributed by atoms with Gasteiger partial charge in [-0.25, -0.2) is 16.8 Å². The SMILES string of the molecule is O=CNS(=O)(=O)CS(=O)(=O)NC=O. The molecule has 0 aromatic rings. The molecule has 0 aliphatic heterocycles. The molecule has 0 unspecified atom stereocenters. The summed E-state index contributed by atoms with van der Waals surface area (Å²) < 4.78 is 45.2. The van der Waals surface area contributed by atoms with Crippen molar-refractivity contribution >= 4 is 32.9 Å². The molecule has 0 spiro atoms. The maximum atomic E-state index is 10.6. The summed E-state index contributed by atoms with van der Waals surface area (Å²) in [6.45, 7) is 0. The van der Waals surface area contributed by atoms with E-state index >= 15 is 0 Å². The van der Waals surface area contributed by atoms with Gasteiger partial charge < -0.3 is 0 Å². The highest BCUT2D eigenvalue weighted by molar-refractivity contribution is 8.06. The molecule has 0 atom stereocenters. The van der Waals surface area contributed by atoms with E-state index in [1.165, 1.54) is 9.44 Å². The highest BCUT2D eigenvalue weighted by atomic mass is 32.3. The monoisotopic (exact) mass is 230 g/mol. The number of carbonyl (C=O) groups excluding carboxylic acids is 2. The van der Waals surface area contributed by atoms with E-state index < -0.39 is 25.1 Å². The Morgan fingerprint density at radius 2 is 1.15 bits per heavy atom. The summed E-state index contributed by atoms with van der Waals surface area (Å²) in [5, 5.41) is -1.38. The van der Waals surface area contributed by atoms with Crippen LogP contribution in [0.25, 0.3) is 0 Å². The van der Waals surface area contributed by atoms with Crippen molar-refractivity contribution in [3.05, 3.63) is 0 Å². The maximum absolute atomic E-state index is 10.6. The summed E-state index contributed by atoms with van der Waals surface area (Å²) >= 11 is 0. The number of carbonyl (C=O) groups is 2. The molecule has 13 heavy (non-hydrogen) atoms. The Balaban J connectivity index is 4.62. The topological polar surface area (TPSA) is 126 Å². The summed E-state index contributed by atoms with van der Waals surface area (Å²) in [5.41, 5.74) is 0. The van der Waals surface area contributed by atoms with Gasteiger partial charge in [0.05, 0.1) is 0 Å². The van der Waals surface area contributed by atoms with Crippen LogP contribution < -0.4 is 9.44 Å². The largest absolute Gasteiger partial charge is 0.278 e. The second-order valence-corrected chi connectivity index (χ2v) is 5.69. The van der Waals surface area contributed by atoms with Crippen LogP contribution in [0.5, 0.6) is 0 Å². The third-order valence-electron chi connectivity index (χ3n) is 0.766. The molecule has 0 rings (SSSR count). The van der Waals surface area contributed by atoms with Crippen LogP contribution in [-0.2, 0) is 29.6 Å². The Morgan fingerprint density at radius 3 is 1.38 bits per heavy atom. The fourth-order valence-corrected chi connectivity index (χ4v) is 2.89. The first-order valence-corrected chi connectivity index (χ1v) is 6.01. The number of amides is 2. The predicted molar refractivity (Wildman–Crippen MR) is 41.1 cm³/mol. The molecule has 0 saturated heterocycles. The third-order valence-corrected chi connectivity index (χ3v) is 4.16. The molecular weight excluding hydrogens is 224 g/mol. The normalized spacial score (nSPS) is 11.7. The fourth-order valence-electron chi connectivity index (χ4n) is 0.419. The number of sulfonamides is 2. The van der Waals surface area contributed by atoms with E-state index in [4.69, 9.17) is 0 Å². The molecule has 0 heterocycles. The van der Waals surface area contributed by atoms with Crippen LogP contribution in [-0.4, -0.2) is 34.7 Å². The fraction of sp³-hybridized carbons (Fsp3) is 0.333. The second-order valence-electron chi connectivity index (χ2n) is 1.82. The summed E-state index contributed by atoms with van der Waals surface area (Å²) in [7, 11) is -8.48. The number of hydrogen-bond donors (Lipinski definition) is 2. The first-order valence-electron chi connectivity index (χ1n) is 2.70. The van der Waals surface area contributed by atoms with Gasteiger partial charge in [-0.1, -0.05) is 0 Å². The molecule has 76 valence electrons. The molecule has 0 aliphatic carbocycles. The number of nitrogens with one attached hydrogen (secondary N) is 2. The van der Waals surface area contributed by atoms with E-state index in [0.29, 0.717) is 0 Å². The Kier molecular flexibility index (Phi) is 3.81. The van der Waals surface area contributed by atoms with Crippen LogP contribution in [0.1, 0.15) is 0 Å². The van der Waals surface area contributed by atoms with E-state index in [-0.39, 0.29) is 12.8 Å². The van der Waals surface area contributed by atoms with E-state index in [2.05, 4.69) is 0 Å². The van der Waals surface area contributed by atoms with Crippen molar-refractivity contribution in [3.63, 3.8) is 0 Å². The molecule has 0 radical (unpaired) electrons. The van der Waals surface area contributed by atoms with Gasteiger partial charge in [0.15, 0.2) is 5.08 Å². The standard InChI is InChI=1S/C3H6N2O6S2/c6-1-4-12(8,9)3-13(10,11)5-2-7/h1-2H,3H2,(H,4,6)(H,5,7). The lowest BCUT2D eigenvalue weighted by molar-refractivity contribution is -0.108. The maximum Gasteiger partial charge on any atom is 0.251 e. The summed E-state index contributed by atoms with van der Waals surface area (Å²) in [5.74, 6) is 0. The van der Waals surface area contributed by atoms with Gasteiger partial charge >= 0.3 is 0 Å². The molecule has 0 fully saturated rings. The smallest absolute Gasteiger partial charge is 0.251 e. The van der Waals surface area contributed by atoms with E-state index in [9.17, 15) is 26.4 Å². The first-order chi connectivity index (χ1) is 5.83. The molecule has 0 aromatic carbocycles. The van der Waals surface area contributed by atoms with Gasteiger partial charge in [0, 0.05) is 0 Å². The van der Waals surface area contributed by atoms with Crippen LogP contribution in [0.4, 0.5) is 0 Å². The Labute approximate surface area is 74.4 Å². The first kappa shape index (κ1) is 11.8. The third kappa shape index (κ3) is 5.14. The Hall–Kier alpha value is -1.16. The van der Waals surface area contributed by atoms with Crippen molar-refractivity contribution < 1.29 is 26.4 Å². The minimum Gasteiger partial charge on any atom is -0.278 e. The summed E-state index contributed by atoms with van der Waals surface area (Å²) in [4.78, 5) is 19.4. The van der Waals surface area contributed by atoms with Gasteiger partial charge in [0.25, 0.3) is 20.0 Å². The van der Waals surface area contributed by atoms with Gasteiger partial charge in [-0.2, -0.15) is 0 Å². The average molecular weight is 230 g/mol. The van der Waals surface area contributed by atoms with Gasteiger partial charge in [0.1, 0.15) is 0 Å². The molecule has 0 bridgehead atoms. The quantitative estimate of drug-likeness (QED) is 0.471.